The zero-order valence-corrected chi connectivity index (χ0v) is 11.2. The summed E-state index contributed by atoms with van der Waals surface area (Å²) >= 11 is 0. The van der Waals surface area contributed by atoms with Crippen molar-refractivity contribution in [3.8, 4) is 0 Å². The highest BCUT2D eigenvalue weighted by molar-refractivity contribution is 7.90. The van der Waals surface area contributed by atoms with Crippen LogP contribution in [0.25, 0.3) is 0 Å². The highest BCUT2D eigenvalue weighted by Crippen LogP contribution is 2.22. The van der Waals surface area contributed by atoms with Crippen LogP contribution in [0.5, 0.6) is 0 Å². The van der Waals surface area contributed by atoms with Crippen LogP contribution < -0.4 is 0 Å². The van der Waals surface area contributed by atoms with Gasteiger partial charge in [-0.05, 0) is 18.4 Å². The molecule has 1 heterocycles. The van der Waals surface area contributed by atoms with Crippen LogP contribution in [0.3, 0.4) is 0 Å². The molecular formula is C13H16O5S. The van der Waals surface area contributed by atoms with Gasteiger partial charge >= 0.3 is 5.97 Å². The molecule has 104 valence electrons. The molecular weight excluding hydrogens is 268 g/mol. The molecule has 1 saturated heterocycles. The van der Waals surface area contributed by atoms with Gasteiger partial charge in [0, 0.05) is 0 Å². The van der Waals surface area contributed by atoms with Crippen molar-refractivity contribution in [3.63, 3.8) is 0 Å². The topological polar surface area (TPSA) is 80.7 Å². The molecule has 1 aliphatic heterocycles. The molecule has 0 amide bonds. The van der Waals surface area contributed by atoms with Crippen molar-refractivity contribution < 1.29 is 23.1 Å². The molecule has 2 unspecified atom stereocenters. The summed E-state index contributed by atoms with van der Waals surface area (Å²) in [5, 5.41) is 8.79. The number of aliphatic carboxylic acids is 1. The number of rotatable bonds is 5. The maximum absolute atomic E-state index is 12.0. The van der Waals surface area contributed by atoms with Crippen molar-refractivity contribution in [1.29, 1.82) is 0 Å². The minimum atomic E-state index is -3.29. The molecule has 19 heavy (non-hydrogen) atoms. The Kier molecular flexibility index (Phi) is 4.21. The molecule has 0 bridgehead atoms. The van der Waals surface area contributed by atoms with Gasteiger partial charge in [0.2, 0.25) is 0 Å². The third-order valence-electron chi connectivity index (χ3n) is 3.05. The Labute approximate surface area is 112 Å². The molecule has 6 heteroatoms. The van der Waals surface area contributed by atoms with Gasteiger partial charge in [-0.15, -0.1) is 0 Å². The molecule has 2 atom stereocenters. The maximum Gasteiger partial charge on any atom is 0.332 e. The van der Waals surface area contributed by atoms with E-state index in [1.807, 2.05) is 6.07 Å². The highest BCUT2D eigenvalue weighted by atomic mass is 32.2. The smallest absolute Gasteiger partial charge is 0.332 e. The number of hydrogen-bond donors (Lipinski definition) is 1. The second-order valence-corrected chi connectivity index (χ2v) is 6.81. The largest absolute Gasteiger partial charge is 0.479 e. The fraction of sp³-hybridized carbons (Fsp3) is 0.462. The minimum absolute atomic E-state index is 0.0363. The van der Waals surface area contributed by atoms with Gasteiger partial charge in [-0.3, -0.25) is 0 Å². The van der Waals surface area contributed by atoms with Crippen LogP contribution in [0.1, 0.15) is 18.4 Å². The fourth-order valence-electron chi connectivity index (χ4n) is 2.18. The van der Waals surface area contributed by atoms with E-state index < -0.39 is 28.0 Å². The van der Waals surface area contributed by atoms with Gasteiger partial charge in [0.15, 0.2) is 15.9 Å². The summed E-state index contributed by atoms with van der Waals surface area (Å²) in [5.41, 5.74) is 0.732. The Morgan fingerprint density at radius 3 is 2.53 bits per heavy atom. The predicted molar refractivity (Wildman–Crippen MR) is 69.5 cm³/mol. The average Bonchev–Trinajstić information content (AvgIpc) is 2.77. The minimum Gasteiger partial charge on any atom is -0.479 e. The van der Waals surface area contributed by atoms with E-state index in [9.17, 15) is 13.2 Å². The van der Waals surface area contributed by atoms with Gasteiger partial charge < -0.3 is 9.84 Å². The lowest BCUT2D eigenvalue weighted by molar-refractivity contribution is -0.148. The zero-order chi connectivity index (χ0) is 13.9. The van der Waals surface area contributed by atoms with E-state index >= 15 is 0 Å². The van der Waals surface area contributed by atoms with E-state index in [-0.39, 0.29) is 11.5 Å². The first-order valence-corrected chi connectivity index (χ1v) is 7.91. The Morgan fingerprint density at radius 2 is 1.95 bits per heavy atom. The van der Waals surface area contributed by atoms with Crippen LogP contribution in [0.15, 0.2) is 30.3 Å². The van der Waals surface area contributed by atoms with Gasteiger partial charge in [-0.2, -0.15) is 0 Å². The predicted octanol–water partition coefficient (Wildman–Crippen LogP) is 1.23. The number of hydrogen-bond acceptors (Lipinski definition) is 4. The molecule has 1 aliphatic rings. The molecule has 0 spiro atoms. The molecule has 0 saturated carbocycles. The van der Waals surface area contributed by atoms with Gasteiger partial charge in [0.1, 0.15) is 0 Å². The van der Waals surface area contributed by atoms with Gasteiger partial charge in [-0.1, -0.05) is 30.3 Å². The van der Waals surface area contributed by atoms with Crippen molar-refractivity contribution in [2.45, 2.75) is 30.8 Å². The third kappa shape index (κ3) is 4.04. The van der Waals surface area contributed by atoms with E-state index in [4.69, 9.17) is 9.84 Å². The normalized spacial score (nSPS) is 23.4. The van der Waals surface area contributed by atoms with E-state index in [1.165, 1.54) is 0 Å². The fourth-order valence-corrected chi connectivity index (χ4v) is 3.81. The number of carbonyl (C=O) groups is 1. The van der Waals surface area contributed by atoms with E-state index in [0.717, 1.165) is 5.56 Å². The molecule has 5 nitrogen and oxygen atoms in total. The Balaban J connectivity index is 1.94. The van der Waals surface area contributed by atoms with E-state index in [0.29, 0.717) is 12.8 Å². The Morgan fingerprint density at radius 1 is 1.26 bits per heavy atom. The second-order valence-electron chi connectivity index (χ2n) is 4.70. The third-order valence-corrected chi connectivity index (χ3v) is 4.71. The number of carboxylic acid groups (broad SMARTS) is 1. The van der Waals surface area contributed by atoms with Crippen LogP contribution in [-0.4, -0.2) is 37.5 Å². The van der Waals surface area contributed by atoms with Crippen molar-refractivity contribution in [3.05, 3.63) is 35.9 Å². The summed E-state index contributed by atoms with van der Waals surface area (Å²) < 4.78 is 29.2. The second kappa shape index (κ2) is 5.71. The highest BCUT2D eigenvalue weighted by Gasteiger charge is 2.33. The summed E-state index contributed by atoms with van der Waals surface area (Å²) in [4.78, 5) is 10.7. The Hall–Kier alpha value is -1.40. The Bertz CT molecular complexity index is 537. The summed E-state index contributed by atoms with van der Waals surface area (Å²) in [6.07, 6.45) is -0.516. The number of ether oxygens (including phenoxy) is 1. The zero-order valence-electron chi connectivity index (χ0n) is 10.4. The average molecular weight is 284 g/mol. The summed E-state index contributed by atoms with van der Waals surface area (Å²) in [6, 6.07) is 8.92. The SMILES string of the molecule is O=C(O)C1CCC(CS(=O)(=O)Cc2ccccc2)O1. The lowest BCUT2D eigenvalue weighted by Gasteiger charge is -2.11. The molecule has 0 aliphatic carbocycles. The van der Waals surface area contributed by atoms with E-state index in [1.54, 1.807) is 24.3 Å². The first-order valence-electron chi connectivity index (χ1n) is 6.09. The van der Waals surface area contributed by atoms with Crippen molar-refractivity contribution in [1.82, 2.24) is 0 Å². The van der Waals surface area contributed by atoms with Crippen LogP contribution >= 0.6 is 0 Å². The van der Waals surface area contributed by atoms with E-state index in [2.05, 4.69) is 0 Å². The summed E-state index contributed by atoms with van der Waals surface area (Å²) in [7, 11) is -3.29. The number of sulfone groups is 1. The lowest BCUT2D eigenvalue weighted by atomic mass is 10.2. The standard InChI is InChI=1S/C13H16O5S/c14-13(15)12-7-6-11(18-12)9-19(16,17)8-10-4-2-1-3-5-10/h1-5,11-12H,6-9H2,(H,14,15). The molecule has 1 aromatic rings. The summed E-state index contributed by atoms with van der Waals surface area (Å²) in [6.45, 7) is 0. The molecule has 2 rings (SSSR count). The first kappa shape index (κ1) is 14.0. The van der Waals surface area contributed by atoms with Crippen LogP contribution in [-0.2, 0) is 25.1 Å². The van der Waals surface area contributed by atoms with Gasteiger partial charge in [0.05, 0.1) is 17.6 Å². The van der Waals surface area contributed by atoms with Gasteiger partial charge in [0.25, 0.3) is 0 Å². The maximum atomic E-state index is 12.0. The quantitative estimate of drug-likeness (QED) is 0.879. The van der Waals surface area contributed by atoms with Crippen molar-refractivity contribution >= 4 is 15.8 Å². The number of carboxylic acids is 1. The molecule has 1 N–H and O–H groups in total. The number of benzene rings is 1. The summed E-state index contributed by atoms with van der Waals surface area (Å²) in [5.74, 6) is -1.18. The van der Waals surface area contributed by atoms with Crippen LogP contribution in [0.2, 0.25) is 0 Å². The first-order chi connectivity index (χ1) is 8.96. The molecule has 0 aromatic heterocycles. The molecule has 1 aromatic carbocycles. The van der Waals surface area contributed by atoms with Crippen LogP contribution in [0, 0.1) is 0 Å². The van der Waals surface area contributed by atoms with Crippen LogP contribution in [0.4, 0.5) is 0 Å². The lowest BCUT2D eigenvalue weighted by Crippen LogP contribution is -2.25. The monoisotopic (exact) mass is 284 g/mol. The van der Waals surface area contributed by atoms with Crippen molar-refractivity contribution in [2.75, 3.05) is 5.75 Å². The van der Waals surface area contributed by atoms with Gasteiger partial charge in [-0.25, -0.2) is 13.2 Å². The molecule has 0 radical (unpaired) electrons. The molecule has 1 fully saturated rings. The van der Waals surface area contributed by atoms with Crippen molar-refractivity contribution in [2.24, 2.45) is 0 Å².